The predicted molar refractivity (Wildman–Crippen MR) is 85.8 cm³/mol. The highest BCUT2D eigenvalue weighted by Gasteiger charge is 2.27. The van der Waals surface area contributed by atoms with E-state index in [-0.39, 0.29) is 11.3 Å². The summed E-state index contributed by atoms with van der Waals surface area (Å²) >= 11 is 0. The van der Waals surface area contributed by atoms with Crippen molar-refractivity contribution in [3.8, 4) is 0 Å². The monoisotopic (exact) mass is 330 g/mol. The molecule has 3 rings (SSSR count). The summed E-state index contributed by atoms with van der Waals surface area (Å²) in [6.45, 7) is 0. The number of nitrogens with zero attached hydrogens (tertiary/aromatic N) is 1. The van der Waals surface area contributed by atoms with Gasteiger partial charge in [0.25, 0.3) is 15.9 Å². The molecule has 1 heterocycles. The Morgan fingerprint density at radius 1 is 1.04 bits per heavy atom. The SMILES string of the molecule is CN(c1ccccc1)S(=O)(=O)c1ccc2c(c1)CC(=O)C(=O)N2. The number of ketones is 1. The van der Waals surface area contributed by atoms with Crippen molar-refractivity contribution >= 4 is 33.1 Å². The molecule has 2 aromatic carbocycles. The van der Waals surface area contributed by atoms with Gasteiger partial charge in [0.15, 0.2) is 0 Å². The van der Waals surface area contributed by atoms with Crippen molar-refractivity contribution in [1.82, 2.24) is 0 Å². The van der Waals surface area contributed by atoms with Gasteiger partial charge in [-0.25, -0.2) is 8.42 Å². The van der Waals surface area contributed by atoms with Crippen LogP contribution in [0.1, 0.15) is 5.56 Å². The van der Waals surface area contributed by atoms with E-state index in [1.807, 2.05) is 0 Å². The Balaban J connectivity index is 2.00. The summed E-state index contributed by atoms with van der Waals surface area (Å²) < 4.78 is 26.6. The first-order valence-electron chi connectivity index (χ1n) is 6.90. The summed E-state index contributed by atoms with van der Waals surface area (Å²) in [4.78, 5) is 22.9. The number of para-hydroxylation sites is 1. The van der Waals surface area contributed by atoms with Crippen molar-refractivity contribution in [2.75, 3.05) is 16.7 Å². The molecule has 0 saturated carbocycles. The summed E-state index contributed by atoms with van der Waals surface area (Å²) in [6.07, 6.45) is -0.0976. The minimum atomic E-state index is -3.75. The van der Waals surface area contributed by atoms with Crippen LogP contribution in [0.5, 0.6) is 0 Å². The van der Waals surface area contributed by atoms with Crippen LogP contribution in [0.15, 0.2) is 53.4 Å². The van der Waals surface area contributed by atoms with E-state index in [9.17, 15) is 18.0 Å². The van der Waals surface area contributed by atoms with Gasteiger partial charge in [0.2, 0.25) is 5.78 Å². The van der Waals surface area contributed by atoms with E-state index in [0.29, 0.717) is 16.9 Å². The second-order valence-corrected chi connectivity index (χ2v) is 7.15. The zero-order valence-corrected chi connectivity index (χ0v) is 13.1. The number of carbonyl (C=O) groups excluding carboxylic acids is 2. The van der Waals surface area contributed by atoms with Crippen molar-refractivity contribution in [2.45, 2.75) is 11.3 Å². The predicted octanol–water partition coefficient (Wildman–Crippen LogP) is 1.58. The lowest BCUT2D eigenvalue weighted by Crippen LogP contribution is -2.31. The number of amides is 1. The van der Waals surface area contributed by atoms with Gasteiger partial charge in [-0.15, -0.1) is 0 Å². The van der Waals surface area contributed by atoms with Crippen LogP contribution in [0.25, 0.3) is 0 Å². The van der Waals surface area contributed by atoms with Crippen LogP contribution in [-0.2, 0) is 26.0 Å². The first-order valence-corrected chi connectivity index (χ1v) is 8.34. The first kappa shape index (κ1) is 15.2. The molecule has 0 radical (unpaired) electrons. The van der Waals surface area contributed by atoms with Gasteiger partial charge in [-0.3, -0.25) is 13.9 Å². The van der Waals surface area contributed by atoms with Crippen molar-refractivity contribution in [3.05, 3.63) is 54.1 Å². The molecular weight excluding hydrogens is 316 g/mol. The standard InChI is InChI=1S/C16H14N2O4S/c1-18(12-5-3-2-4-6-12)23(21,22)13-7-8-14-11(9-13)10-15(19)16(20)17-14/h2-9H,10H2,1H3,(H,17,20). The highest BCUT2D eigenvalue weighted by Crippen LogP contribution is 2.27. The average Bonchev–Trinajstić information content (AvgIpc) is 2.55. The molecule has 0 fully saturated rings. The summed E-state index contributed by atoms with van der Waals surface area (Å²) in [5, 5.41) is 2.45. The summed E-state index contributed by atoms with van der Waals surface area (Å²) in [5.41, 5.74) is 1.50. The van der Waals surface area contributed by atoms with Gasteiger partial charge in [0, 0.05) is 19.2 Å². The lowest BCUT2D eigenvalue weighted by Gasteiger charge is -2.21. The zero-order chi connectivity index (χ0) is 16.6. The van der Waals surface area contributed by atoms with Gasteiger partial charge in [-0.1, -0.05) is 18.2 Å². The van der Waals surface area contributed by atoms with Crippen LogP contribution in [-0.4, -0.2) is 27.2 Å². The number of fused-ring (bicyclic) bond motifs is 1. The van der Waals surface area contributed by atoms with Crippen molar-refractivity contribution in [2.24, 2.45) is 0 Å². The van der Waals surface area contributed by atoms with E-state index in [1.54, 1.807) is 30.3 Å². The van der Waals surface area contributed by atoms with Crippen LogP contribution >= 0.6 is 0 Å². The number of anilines is 2. The molecule has 0 aromatic heterocycles. The summed E-state index contributed by atoms with van der Waals surface area (Å²) in [7, 11) is -2.28. The van der Waals surface area contributed by atoms with Gasteiger partial charge < -0.3 is 5.32 Å². The van der Waals surface area contributed by atoms with Crippen LogP contribution in [0.3, 0.4) is 0 Å². The molecule has 23 heavy (non-hydrogen) atoms. The van der Waals surface area contributed by atoms with Crippen molar-refractivity contribution < 1.29 is 18.0 Å². The number of Topliss-reactive ketones (excluding diaryl/α,β-unsaturated/α-hetero) is 1. The Bertz CT molecular complexity index is 892. The van der Waals surface area contributed by atoms with Crippen LogP contribution in [0, 0.1) is 0 Å². The fourth-order valence-corrected chi connectivity index (χ4v) is 3.63. The molecule has 0 spiro atoms. The third kappa shape index (κ3) is 2.70. The lowest BCUT2D eigenvalue weighted by molar-refractivity contribution is -0.134. The minimum absolute atomic E-state index is 0.0755. The fraction of sp³-hybridized carbons (Fsp3) is 0.125. The summed E-state index contributed by atoms with van der Waals surface area (Å²) in [5.74, 6) is -1.25. The molecule has 1 N–H and O–H groups in total. The van der Waals surface area contributed by atoms with Crippen LogP contribution in [0.2, 0.25) is 0 Å². The first-order chi connectivity index (χ1) is 10.9. The number of carbonyl (C=O) groups is 2. The van der Waals surface area contributed by atoms with Gasteiger partial charge in [0.1, 0.15) is 0 Å². The normalized spacial score (nSPS) is 14.1. The lowest BCUT2D eigenvalue weighted by atomic mass is 10.0. The molecule has 1 amide bonds. The van der Waals surface area contributed by atoms with Crippen molar-refractivity contribution in [1.29, 1.82) is 0 Å². The van der Waals surface area contributed by atoms with E-state index in [0.717, 1.165) is 0 Å². The zero-order valence-electron chi connectivity index (χ0n) is 12.3. The molecular formula is C16H14N2O4S. The highest BCUT2D eigenvalue weighted by molar-refractivity contribution is 7.92. The molecule has 0 aliphatic carbocycles. The number of hydrogen-bond donors (Lipinski definition) is 1. The van der Waals surface area contributed by atoms with E-state index in [4.69, 9.17) is 0 Å². The molecule has 0 saturated heterocycles. The van der Waals surface area contributed by atoms with Crippen LogP contribution in [0.4, 0.5) is 11.4 Å². The van der Waals surface area contributed by atoms with Gasteiger partial charge >= 0.3 is 0 Å². The van der Waals surface area contributed by atoms with Crippen LogP contribution < -0.4 is 9.62 Å². The quantitative estimate of drug-likeness (QED) is 0.866. The Hall–Kier alpha value is -2.67. The topological polar surface area (TPSA) is 83.6 Å². The van der Waals surface area contributed by atoms with Gasteiger partial charge in [-0.2, -0.15) is 0 Å². The Morgan fingerprint density at radius 2 is 1.74 bits per heavy atom. The summed E-state index contributed by atoms with van der Waals surface area (Å²) in [6, 6.07) is 13.1. The van der Waals surface area contributed by atoms with E-state index in [1.165, 1.54) is 29.6 Å². The average molecular weight is 330 g/mol. The highest BCUT2D eigenvalue weighted by atomic mass is 32.2. The Morgan fingerprint density at radius 3 is 2.43 bits per heavy atom. The number of rotatable bonds is 3. The molecule has 6 nitrogen and oxygen atoms in total. The van der Waals surface area contributed by atoms with Gasteiger partial charge in [-0.05, 0) is 35.9 Å². The van der Waals surface area contributed by atoms with E-state index >= 15 is 0 Å². The molecule has 118 valence electrons. The molecule has 0 unspecified atom stereocenters. The van der Waals surface area contributed by atoms with E-state index in [2.05, 4.69) is 5.32 Å². The third-order valence-corrected chi connectivity index (χ3v) is 5.49. The largest absolute Gasteiger partial charge is 0.319 e. The number of benzene rings is 2. The molecule has 7 heteroatoms. The molecule has 0 atom stereocenters. The van der Waals surface area contributed by atoms with Crippen molar-refractivity contribution in [3.63, 3.8) is 0 Å². The maximum atomic E-state index is 12.7. The maximum Gasteiger partial charge on any atom is 0.292 e. The Labute approximate surface area is 133 Å². The Kier molecular flexibility index (Phi) is 3.65. The van der Waals surface area contributed by atoms with Gasteiger partial charge in [0.05, 0.1) is 10.6 Å². The third-order valence-electron chi connectivity index (χ3n) is 3.71. The van der Waals surface area contributed by atoms with E-state index < -0.39 is 21.7 Å². The second-order valence-electron chi connectivity index (χ2n) is 5.18. The molecule has 1 aliphatic rings. The maximum absolute atomic E-state index is 12.7. The number of nitrogens with one attached hydrogen (secondary N) is 1. The smallest absolute Gasteiger partial charge is 0.292 e. The second kappa shape index (κ2) is 5.51. The minimum Gasteiger partial charge on any atom is -0.319 e. The number of sulfonamides is 1. The molecule has 0 bridgehead atoms. The number of hydrogen-bond acceptors (Lipinski definition) is 4. The molecule has 2 aromatic rings. The fourth-order valence-electron chi connectivity index (χ4n) is 2.38. The molecule has 1 aliphatic heterocycles.